The average Bonchev–Trinajstić information content (AvgIpc) is 3.64. The van der Waals surface area contributed by atoms with Crippen LogP contribution >= 0.6 is 0 Å². The van der Waals surface area contributed by atoms with Crippen LogP contribution in [0.15, 0.2) is 138 Å². The van der Waals surface area contributed by atoms with Gasteiger partial charge in [-0.1, -0.05) is 131 Å². The molecular weight excluding hydrogens is 703 g/mol. The van der Waals surface area contributed by atoms with E-state index < -0.39 is 0 Å². The zero-order valence-electron chi connectivity index (χ0n) is 35.1. The van der Waals surface area contributed by atoms with E-state index in [1.165, 1.54) is 136 Å². The molecule has 10 aromatic carbocycles. The maximum absolute atomic E-state index is 6.75. The molecule has 0 aliphatic heterocycles. The van der Waals surface area contributed by atoms with E-state index in [0.717, 1.165) is 16.6 Å². The van der Waals surface area contributed by atoms with Crippen molar-refractivity contribution in [1.29, 1.82) is 0 Å². The minimum atomic E-state index is 0.921. The monoisotopic (exact) mass is 742 g/mol. The fraction of sp³-hybridized carbons (Fsp3) is 0. The number of benzene rings is 10. The highest BCUT2D eigenvalue weighted by Crippen LogP contribution is 2.47. The van der Waals surface area contributed by atoms with Crippen LogP contribution in [0.25, 0.3) is 109 Å². The first-order valence-corrected chi connectivity index (χ1v) is 20.9. The lowest BCUT2D eigenvalue weighted by Gasteiger charge is -2.29. The number of furan rings is 1. The van der Waals surface area contributed by atoms with Gasteiger partial charge in [-0.15, -0.1) is 21.9 Å². The topological polar surface area (TPSA) is 13.1 Å². The van der Waals surface area contributed by atoms with Crippen LogP contribution in [0.4, 0.5) is 0 Å². The smallest absolute Gasteiger partial charge is 0.139 e. The lowest BCUT2D eigenvalue weighted by atomic mass is 9.59. The van der Waals surface area contributed by atoms with Crippen molar-refractivity contribution < 1.29 is 4.42 Å². The summed E-state index contributed by atoms with van der Waals surface area (Å²) in [5.41, 5.74) is 20.3. The number of hydrogen-bond donors (Lipinski definition) is 0. The van der Waals surface area contributed by atoms with Crippen molar-refractivity contribution in [3.05, 3.63) is 133 Å². The number of fused-ring (bicyclic) bond motifs is 8. The molecule has 1 nitrogen and oxygen atoms in total. The molecule has 0 fully saturated rings. The third kappa shape index (κ3) is 5.10. The molecule has 0 bridgehead atoms. The highest BCUT2D eigenvalue weighted by atomic mass is 16.3. The van der Waals surface area contributed by atoms with Crippen LogP contribution in [0.3, 0.4) is 0 Å². The second kappa shape index (κ2) is 13.2. The van der Waals surface area contributed by atoms with Gasteiger partial charge in [-0.05, 0) is 112 Å². The van der Waals surface area contributed by atoms with Crippen molar-refractivity contribution in [2.75, 3.05) is 0 Å². The Morgan fingerprint density at radius 2 is 0.763 bits per heavy atom. The summed E-state index contributed by atoms with van der Waals surface area (Å²) in [6.45, 7) is 0. The minimum absolute atomic E-state index is 0.921. The van der Waals surface area contributed by atoms with E-state index in [9.17, 15) is 0 Å². The second-order valence-electron chi connectivity index (χ2n) is 17.0. The summed E-state index contributed by atoms with van der Waals surface area (Å²) in [5, 5.41) is 15.2. The Bertz CT molecular complexity index is 3580. The van der Waals surface area contributed by atoms with Crippen LogP contribution in [0.2, 0.25) is 0 Å². The van der Waals surface area contributed by atoms with Crippen LogP contribution in [0.1, 0.15) is 0 Å². The molecule has 0 unspecified atom stereocenters. The fourth-order valence-corrected chi connectivity index (χ4v) is 10.5. The summed E-state index contributed by atoms with van der Waals surface area (Å²) in [6.07, 6.45) is 0. The van der Waals surface area contributed by atoms with E-state index in [1.54, 1.807) is 0 Å². The Balaban J connectivity index is 1.34. The van der Waals surface area contributed by atoms with Crippen molar-refractivity contribution in [3.63, 3.8) is 0 Å². The van der Waals surface area contributed by atoms with Gasteiger partial charge in [-0.2, -0.15) is 0 Å². The van der Waals surface area contributed by atoms with E-state index in [0.29, 0.717) is 0 Å². The molecule has 9 heteroatoms. The van der Waals surface area contributed by atoms with Gasteiger partial charge in [0.05, 0.1) is 0 Å². The molecule has 0 saturated carbocycles. The summed E-state index contributed by atoms with van der Waals surface area (Å²) in [5.74, 6) is 0. The fourth-order valence-electron chi connectivity index (χ4n) is 10.5. The molecule has 11 aromatic rings. The Kier molecular flexibility index (Phi) is 8.02. The molecule has 0 amide bonds. The molecule has 0 saturated heterocycles. The molecule has 0 radical (unpaired) electrons. The zero-order chi connectivity index (χ0) is 40.4. The SMILES string of the molecule is Bc1c(B)c(B)c2c(-c3cccc4oc5cc6ccccc6cc5c34)c3c(B)c(B)c(B)c(B)c3c(-c3ccc(-c4ccc5ccccc5c4)c4ccccc34)c2c1B. The molecule has 268 valence electrons. The van der Waals surface area contributed by atoms with Crippen molar-refractivity contribution in [2.24, 2.45) is 0 Å². The molecule has 0 atom stereocenters. The minimum Gasteiger partial charge on any atom is -0.456 e. The maximum Gasteiger partial charge on any atom is 0.139 e. The van der Waals surface area contributed by atoms with Crippen molar-refractivity contribution in [1.82, 2.24) is 0 Å². The number of rotatable bonds is 3. The lowest BCUT2D eigenvalue weighted by Crippen LogP contribution is -2.50. The normalized spacial score (nSPS) is 11.9. The molecule has 0 aliphatic rings. The maximum atomic E-state index is 6.75. The van der Waals surface area contributed by atoms with Crippen LogP contribution in [-0.4, -0.2) is 62.8 Å². The molecule has 0 spiro atoms. The summed E-state index contributed by atoms with van der Waals surface area (Å²) < 4.78 is 6.75. The Labute approximate surface area is 351 Å². The average molecular weight is 741 g/mol. The third-order valence-electron chi connectivity index (χ3n) is 14.3. The Hall–Kier alpha value is -6.18. The van der Waals surface area contributed by atoms with Gasteiger partial charge < -0.3 is 4.42 Å². The van der Waals surface area contributed by atoms with Gasteiger partial charge in [-0.25, -0.2) is 0 Å². The van der Waals surface area contributed by atoms with E-state index >= 15 is 0 Å². The first-order chi connectivity index (χ1) is 28.6. The summed E-state index contributed by atoms with van der Waals surface area (Å²) >= 11 is 0. The van der Waals surface area contributed by atoms with Crippen molar-refractivity contribution in [3.8, 4) is 33.4 Å². The van der Waals surface area contributed by atoms with Gasteiger partial charge in [0.1, 0.15) is 73.9 Å². The molecule has 59 heavy (non-hydrogen) atoms. The summed E-state index contributed by atoms with van der Waals surface area (Å²) in [4.78, 5) is 0. The van der Waals surface area contributed by atoms with Gasteiger partial charge in [0, 0.05) is 10.8 Å². The molecule has 1 heterocycles. The lowest BCUT2D eigenvalue weighted by molar-refractivity contribution is 0.669. The molecule has 0 N–H and O–H groups in total. The number of hydrogen-bond acceptors (Lipinski definition) is 1. The highest BCUT2D eigenvalue weighted by Gasteiger charge is 2.27. The van der Waals surface area contributed by atoms with Crippen LogP contribution in [-0.2, 0) is 0 Å². The first-order valence-electron chi connectivity index (χ1n) is 20.9. The van der Waals surface area contributed by atoms with Gasteiger partial charge in [0.2, 0.25) is 0 Å². The first kappa shape index (κ1) is 35.9. The van der Waals surface area contributed by atoms with E-state index in [-0.39, 0.29) is 0 Å². The predicted octanol–water partition coefficient (Wildman–Crippen LogP) is 0.420. The van der Waals surface area contributed by atoms with Crippen LogP contribution < -0.4 is 43.7 Å². The van der Waals surface area contributed by atoms with Gasteiger partial charge in [-0.3, -0.25) is 0 Å². The van der Waals surface area contributed by atoms with Crippen molar-refractivity contribution in [2.45, 2.75) is 0 Å². The standard InChI is InChI=1S/C50H38B8O/c51-43-39-37(31-19-18-28(29-12-5-6-13-30(29)31)27-17-16-23-8-1-2-9-24(23)20-27)40-42(46(54)50(58)48(56)44(40)52)38(41(39)45(53)49(57)47(43)55)32-14-7-15-34-36(32)33-21-25-10-3-4-11-26(25)22-35(33)59-34/h1-22H,51-58H2. The molecule has 1 aromatic heterocycles. The van der Waals surface area contributed by atoms with Gasteiger partial charge in [0.15, 0.2) is 0 Å². The molecular formula is C50H38B8O. The molecule has 11 rings (SSSR count). The second-order valence-corrected chi connectivity index (χ2v) is 17.0. The van der Waals surface area contributed by atoms with Gasteiger partial charge in [0.25, 0.3) is 0 Å². The zero-order valence-corrected chi connectivity index (χ0v) is 35.1. The predicted molar refractivity (Wildman–Crippen MR) is 283 cm³/mol. The Morgan fingerprint density at radius 3 is 1.36 bits per heavy atom. The van der Waals surface area contributed by atoms with Gasteiger partial charge >= 0.3 is 0 Å². The van der Waals surface area contributed by atoms with E-state index in [2.05, 4.69) is 196 Å². The highest BCUT2D eigenvalue weighted by molar-refractivity contribution is 6.71. The largest absolute Gasteiger partial charge is 0.456 e. The summed E-state index contributed by atoms with van der Waals surface area (Å²) in [7, 11) is 18.7. The summed E-state index contributed by atoms with van der Waals surface area (Å²) in [6, 6.07) is 49.3. The van der Waals surface area contributed by atoms with E-state index in [4.69, 9.17) is 4.42 Å². The Morgan fingerprint density at radius 1 is 0.288 bits per heavy atom. The molecule has 0 aliphatic carbocycles. The van der Waals surface area contributed by atoms with Crippen LogP contribution in [0, 0.1) is 0 Å². The van der Waals surface area contributed by atoms with E-state index in [1.807, 2.05) is 0 Å². The third-order valence-corrected chi connectivity index (χ3v) is 14.3. The quantitative estimate of drug-likeness (QED) is 0.189. The van der Waals surface area contributed by atoms with Crippen LogP contribution in [0.5, 0.6) is 0 Å². The van der Waals surface area contributed by atoms with Crippen molar-refractivity contribution >= 4 is 182 Å².